The number of thioether (sulfide) groups is 1. The molecule has 2 N–H and O–H groups in total. The lowest BCUT2D eigenvalue weighted by molar-refractivity contribution is -0.116. The van der Waals surface area contributed by atoms with Crippen molar-refractivity contribution in [3.8, 4) is 0 Å². The molecule has 0 atom stereocenters. The molecular weight excluding hydrogens is 278 g/mol. The lowest BCUT2D eigenvalue weighted by atomic mass is 10.2. The van der Waals surface area contributed by atoms with E-state index in [2.05, 4.69) is 15.5 Å². The zero-order chi connectivity index (χ0) is 13.9. The second-order valence-corrected chi connectivity index (χ2v) is 5.12. The number of carbonyl (C=O) groups excluding carboxylic acids is 1. The highest BCUT2D eigenvalue weighted by Gasteiger charge is 2.15. The fourth-order valence-corrected chi connectivity index (χ4v) is 2.43. The minimum absolute atomic E-state index is 0.0553. The van der Waals surface area contributed by atoms with Crippen LogP contribution in [0, 0.1) is 0 Å². The number of amides is 1. The molecule has 0 radical (unpaired) electrons. The summed E-state index contributed by atoms with van der Waals surface area (Å²) in [5.74, 6) is 0.860. The van der Waals surface area contributed by atoms with Crippen molar-refractivity contribution >= 4 is 40.0 Å². The minimum atomic E-state index is -0.122. The Labute approximate surface area is 118 Å². The predicted octanol–water partition coefficient (Wildman–Crippen LogP) is 1.48. The number of hydrogen-bond acceptors (Lipinski definition) is 6. The second kappa shape index (κ2) is 5.48. The topological polar surface area (TPSA) is 87.2 Å². The van der Waals surface area contributed by atoms with Crippen LogP contribution in [0.25, 0.3) is 11.0 Å². The second-order valence-electron chi connectivity index (χ2n) is 4.15. The van der Waals surface area contributed by atoms with Crippen molar-refractivity contribution in [2.75, 3.05) is 5.75 Å². The van der Waals surface area contributed by atoms with Crippen LogP contribution in [-0.2, 0) is 11.4 Å². The Morgan fingerprint density at radius 2 is 2.35 bits per heavy atom. The third-order valence-corrected chi connectivity index (χ3v) is 3.55. The third-order valence-electron chi connectivity index (χ3n) is 2.69. The molecule has 1 amide bonds. The van der Waals surface area contributed by atoms with Crippen molar-refractivity contribution in [1.82, 2.24) is 5.32 Å². The van der Waals surface area contributed by atoms with E-state index in [1.54, 1.807) is 12.3 Å². The quantitative estimate of drug-likeness (QED) is 0.662. The van der Waals surface area contributed by atoms with Gasteiger partial charge in [0.25, 0.3) is 0 Å². The number of aliphatic hydroxyl groups is 1. The molecule has 1 aliphatic rings. The number of hydrogen-bond donors (Lipinski definition) is 2. The smallest absolute Gasteiger partial charge is 0.236 e. The van der Waals surface area contributed by atoms with Crippen LogP contribution >= 0.6 is 11.8 Å². The molecule has 1 fully saturated rings. The van der Waals surface area contributed by atoms with Gasteiger partial charge in [0.15, 0.2) is 5.17 Å². The van der Waals surface area contributed by atoms with E-state index in [9.17, 15) is 4.79 Å². The summed E-state index contributed by atoms with van der Waals surface area (Å²) in [6.45, 7) is -0.122. The third kappa shape index (κ3) is 2.73. The Bertz CT molecular complexity index is 721. The highest BCUT2D eigenvalue weighted by Crippen LogP contribution is 2.20. The van der Waals surface area contributed by atoms with E-state index in [0.29, 0.717) is 16.7 Å². The summed E-state index contributed by atoms with van der Waals surface area (Å²) < 4.78 is 5.40. The molecule has 1 aromatic carbocycles. The number of rotatable bonds is 3. The van der Waals surface area contributed by atoms with E-state index in [4.69, 9.17) is 9.52 Å². The maximum absolute atomic E-state index is 11.0. The molecule has 6 nitrogen and oxygen atoms in total. The summed E-state index contributed by atoms with van der Waals surface area (Å²) in [7, 11) is 0. The number of nitrogens with one attached hydrogen (secondary N) is 1. The minimum Gasteiger partial charge on any atom is -0.459 e. The first-order valence-corrected chi connectivity index (χ1v) is 6.90. The first-order chi connectivity index (χ1) is 9.74. The zero-order valence-electron chi connectivity index (χ0n) is 10.4. The van der Waals surface area contributed by atoms with Crippen LogP contribution in [-0.4, -0.2) is 28.1 Å². The van der Waals surface area contributed by atoms with Gasteiger partial charge in [0.1, 0.15) is 18.0 Å². The van der Waals surface area contributed by atoms with Gasteiger partial charge in [-0.25, -0.2) is 0 Å². The molecule has 1 aromatic heterocycles. The Kier molecular flexibility index (Phi) is 3.53. The van der Waals surface area contributed by atoms with Crippen LogP contribution in [0.4, 0.5) is 0 Å². The molecule has 102 valence electrons. The number of benzene rings is 1. The molecule has 2 aromatic rings. The highest BCUT2D eigenvalue weighted by molar-refractivity contribution is 8.15. The number of aliphatic hydroxyl groups excluding tert-OH is 1. The molecule has 0 bridgehead atoms. The highest BCUT2D eigenvalue weighted by atomic mass is 32.2. The number of furan rings is 1. The van der Waals surface area contributed by atoms with Crippen molar-refractivity contribution < 1.29 is 14.3 Å². The van der Waals surface area contributed by atoms with Gasteiger partial charge in [0.05, 0.1) is 12.0 Å². The Balaban J connectivity index is 1.78. The molecule has 3 rings (SSSR count). The van der Waals surface area contributed by atoms with Crippen molar-refractivity contribution in [3.05, 3.63) is 35.6 Å². The summed E-state index contributed by atoms with van der Waals surface area (Å²) >= 11 is 1.33. The zero-order valence-corrected chi connectivity index (χ0v) is 11.2. The van der Waals surface area contributed by atoms with E-state index in [1.165, 1.54) is 11.8 Å². The standard InChI is InChI=1S/C13H11N3O3S/c17-6-10-4-9-3-8(1-2-11(9)19-10)5-14-16-13-15-12(18)7-20-13/h1-5,17H,6-7H2,(H,15,16,18). The largest absolute Gasteiger partial charge is 0.459 e. The summed E-state index contributed by atoms with van der Waals surface area (Å²) in [6, 6.07) is 7.33. The number of carbonyl (C=O) groups is 1. The fourth-order valence-electron chi connectivity index (χ4n) is 1.80. The summed E-state index contributed by atoms with van der Waals surface area (Å²) in [5.41, 5.74) is 1.58. The monoisotopic (exact) mass is 289 g/mol. The molecule has 20 heavy (non-hydrogen) atoms. The van der Waals surface area contributed by atoms with Gasteiger partial charge < -0.3 is 14.8 Å². The molecule has 0 saturated carbocycles. The SMILES string of the molecule is O=C1CSC(=NN=Cc2ccc3oc(CO)cc3c2)N1. The van der Waals surface area contributed by atoms with E-state index in [-0.39, 0.29) is 12.5 Å². The van der Waals surface area contributed by atoms with Gasteiger partial charge in [0, 0.05) is 5.39 Å². The predicted molar refractivity (Wildman–Crippen MR) is 77.8 cm³/mol. The molecule has 1 aliphatic heterocycles. The average molecular weight is 289 g/mol. The summed E-state index contributed by atoms with van der Waals surface area (Å²) in [6.07, 6.45) is 1.60. The molecule has 0 spiro atoms. The normalized spacial score (nSPS) is 17.4. The van der Waals surface area contributed by atoms with Crippen LogP contribution in [0.1, 0.15) is 11.3 Å². The van der Waals surface area contributed by atoms with E-state index >= 15 is 0 Å². The Morgan fingerprint density at radius 1 is 1.45 bits per heavy atom. The lowest BCUT2D eigenvalue weighted by Crippen LogP contribution is -2.19. The van der Waals surface area contributed by atoms with Crippen LogP contribution in [0.15, 0.2) is 38.9 Å². The van der Waals surface area contributed by atoms with Gasteiger partial charge >= 0.3 is 0 Å². The maximum atomic E-state index is 11.0. The van der Waals surface area contributed by atoms with Crippen LogP contribution in [0.2, 0.25) is 0 Å². The van der Waals surface area contributed by atoms with Gasteiger partial charge in [0.2, 0.25) is 5.91 Å². The van der Waals surface area contributed by atoms with Gasteiger partial charge in [-0.3, -0.25) is 4.79 Å². The average Bonchev–Trinajstić information content (AvgIpc) is 3.04. The van der Waals surface area contributed by atoms with Gasteiger partial charge in [-0.15, -0.1) is 5.10 Å². The fraction of sp³-hybridized carbons (Fsp3) is 0.154. The van der Waals surface area contributed by atoms with Crippen LogP contribution in [0.5, 0.6) is 0 Å². The number of amidine groups is 1. The molecule has 0 aliphatic carbocycles. The first-order valence-electron chi connectivity index (χ1n) is 5.91. The lowest BCUT2D eigenvalue weighted by Gasteiger charge is -1.92. The van der Waals surface area contributed by atoms with Gasteiger partial charge in [-0.1, -0.05) is 11.8 Å². The van der Waals surface area contributed by atoms with Crippen molar-refractivity contribution in [2.45, 2.75) is 6.61 Å². The van der Waals surface area contributed by atoms with Crippen molar-refractivity contribution in [2.24, 2.45) is 10.2 Å². The summed E-state index contributed by atoms with van der Waals surface area (Å²) in [4.78, 5) is 11.0. The maximum Gasteiger partial charge on any atom is 0.236 e. The van der Waals surface area contributed by atoms with E-state index in [1.807, 2.05) is 18.2 Å². The molecular formula is C13H11N3O3S. The Hall–Kier alpha value is -2.12. The first kappa shape index (κ1) is 12.9. The van der Waals surface area contributed by atoms with Crippen LogP contribution < -0.4 is 5.32 Å². The molecule has 0 unspecified atom stereocenters. The van der Waals surface area contributed by atoms with Crippen molar-refractivity contribution in [1.29, 1.82) is 0 Å². The van der Waals surface area contributed by atoms with E-state index in [0.717, 1.165) is 16.5 Å². The van der Waals surface area contributed by atoms with Crippen LogP contribution in [0.3, 0.4) is 0 Å². The number of nitrogens with zero attached hydrogens (tertiary/aromatic N) is 2. The Morgan fingerprint density at radius 3 is 3.10 bits per heavy atom. The van der Waals surface area contributed by atoms with Crippen molar-refractivity contribution in [3.63, 3.8) is 0 Å². The van der Waals surface area contributed by atoms with Gasteiger partial charge in [-0.05, 0) is 29.8 Å². The molecule has 1 saturated heterocycles. The van der Waals surface area contributed by atoms with E-state index < -0.39 is 0 Å². The molecule has 2 heterocycles. The number of fused-ring (bicyclic) bond motifs is 1. The molecule has 7 heteroatoms. The van der Waals surface area contributed by atoms with Gasteiger partial charge in [-0.2, -0.15) is 5.10 Å². The summed E-state index contributed by atoms with van der Waals surface area (Å²) in [5, 5.41) is 20.9.